The van der Waals surface area contributed by atoms with Crippen LogP contribution in [0.2, 0.25) is 0 Å². The number of aromatic carboxylic acids is 1. The van der Waals surface area contributed by atoms with Crippen LogP contribution in [-0.2, 0) is 6.54 Å². The molecule has 2 N–H and O–H groups in total. The van der Waals surface area contributed by atoms with Gasteiger partial charge in [-0.25, -0.2) is 9.78 Å². The number of methoxy groups -OCH3 is 1. The zero-order chi connectivity index (χ0) is 26.1. The minimum absolute atomic E-state index is 0.0572. The van der Waals surface area contributed by atoms with E-state index in [4.69, 9.17) is 9.84 Å². The summed E-state index contributed by atoms with van der Waals surface area (Å²) in [6.07, 6.45) is 1.35. The largest absolute Gasteiger partial charge is 0.617 e. The Balaban J connectivity index is 0.000000170. The molecule has 184 valence electrons. The maximum absolute atomic E-state index is 12.3. The van der Waals surface area contributed by atoms with Crippen molar-refractivity contribution in [3.63, 3.8) is 0 Å². The van der Waals surface area contributed by atoms with Gasteiger partial charge in [0.25, 0.3) is 11.0 Å². The van der Waals surface area contributed by atoms with Crippen molar-refractivity contribution in [3.8, 4) is 11.5 Å². The molecular weight excluding hydrogens is 468 g/mol. The molecule has 5 rings (SSSR count). The lowest BCUT2D eigenvalue weighted by molar-refractivity contribution is -0.591. The number of fused-ring (bicyclic) bond motifs is 3. The maximum Gasteiger partial charge on any atom is 0.341 e. The molecule has 0 atom stereocenters. The molecule has 0 amide bonds. The molecule has 0 aliphatic rings. The molecule has 0 bridgehead atoms. The summed E-state index contributed by atoms with van der Waals surface area (Å²) in [6, 6.07) is 12.4. The first-order valence-electron chi connectivity index (χ1n) is 10.9. The molecule has 0 saturated heterocycles. The summed E-state index contributed by atoms with van der Waals surface area (Å²) < 4.78 is 7.91. The highest BCUT2D eigenvalue weighted by Gasteiger charge is 2.26. The summed E-state index contributed by atoms with van der Waals surface area (Å²) in [5, 5.41) is 43.7. The summed E-state index contributed by atoms with van der Waals surface area (Å²) in [6.45, 7) is 4.27. The smallest absolute Gasteiger partial charge is 0.341 e. The van der Waals surface area contributed by atoms with Crippen molar-refractivity contribution in [1.29, 1.82) is 0 Å². The molecule has 3 aromatic heterocycles. The summed E-state index contributed by atoms with van der Waals surface area (Å²) in [7, 11) is 1.43. The second kappa shape index (κ2) is 9.37. The molecule has 0 fully saturated rings. The Labute approximate surface area is 203 Å². The fourth-order valence-electron chi connectivity index (χ4n) is 3.93. The summed E-state index contributed by atoms with van der Waals surface area (Å²) in [5.41, 5.74) is 0.936. The van der Waals surface area contributed by atoms with Gasteiger partial charge in [-0.2, -0.15) is 9.46 Å². The molecule has 0 spiro atoms. The standard InChI is InChI=1S/C13H10N2O4.C12H12N2O3/c1-19-11-7-3-5-9-13(11)15(18)8-4-2-6-10(16)12(8)14(9)17;1-3-14-6-9(12(16)17)10(15)8-5-4-7(2)13-11(8)14/h2-7,16H,1H3;4-6H,3H2,1-2H3,(H,16,17). The topological polar surface area (TPSA) is 156 Å². The second-order valence-electron chi connectivity index (χ2n) is 7.85. The van der Waals surface area contributed by atoms with Crippen LogP contribution in [0.1, 0.15) is 23.0 Å². The van der Waals surface area contributed by atoms with E-state index in [1.807, 2.05) is 13.8 Å². The first kappa shape index (κ1) is 24.2. The van der Waals surface area contributed by atoms with Gasteiger partial charge in [0.05, 0.1) is 12.5 Å². The number of para-hydroxylation sites is 2. The van der Waals surface area contributed by atoms with E-state index >= 15 is 0 Å². The van der Waals surface area contributed by atoms with E-state index in [0.717, 1.165) is 5.69 Å². The summed E-state index contributed by atoms with van der Waals surface area (Å²) in [4.78, 5) is 27.2. The number of phenolic OH excluding ortho intramolecular Hbond substituents is 1. The number of hydrogen-bond donors (Lipinski definition) is 2. The van der Waals surface area contributed by atoms with Gasteiger partial charge in [0, 0.05) is 30.6 Å². The van der Waals surface area contributed by atoms with E-state index in [9.17, 15) is 25.1 Å². The van der Waals surface area contributed by atoms with E-state index in [1.54, 1.807) is 28.8 Å². The molecule has 2 aromatic carbocycles. The molecule has 0 radical (unpaired) electrons. The van der Waals surface area contributed by atoms with E-state index in [1.165, 1.54) is 37.6 Å². The van der Waals surface area contributed by atoms with Crippen molar-refractivity contribution < 1.29 is 29.2 Å². The molecule has 11 heteroatoms. The number of pyridine rings is 2. The van der Waals surface area contributed by atoms with Crippen LogP contribution >= 0.6 is 0 Å². The predicted octanol–water partition coefficient (Wildman–Crippen LogP) is 2.40. The van der Waals surface area contributed by atoms with Crippen molar-refractivity contribution in [1.82, 2.24) is 9.55 Å². The molecular formula is C25H22N4O7. The lowest BCUT2D eigenvalue weighted by atomic mass is 10.2. The molecule has 0 aliphatic carbocycles. The first-order valence-corrected chi connectivity index (χ1v) is 10.9. The first-order chi connectivity index (χ1) is 17.2. The molecule has 11 nitrogen and oxygen atoms in total. The van der Waals surface area contributed by atoms with Crippen LogP contribution in [0.25, 0.3) is 33.1 Å². The molecule has 5 aromatic rings. The lowest BCUT2D eigenvalue weighted by Crippen LogP contribution is -2.39. The fourth-order valence-corrected chi connectivity index (χ4v) is 3.93. The van der Waals surface area contributed by atoms with Crippen LogP contribution in [0, 0.1) is 17.3 Å². The third-order valence-corrected chi connectivity index (χ3v) is 5.67. The normalized spacial score (nSPS) is 10.9. The number of aromatic nitrogens is 4. The average molecular weight is 490 g/mol. The number of rotatable bonds is 3. The number of carboxylic acid groups (broad SMARTS) is 1. The average Bonchev–Trinajstić information content (AvgIpc) is 2.87. The van der Waals surface area contributed by atoms with Crippen LogP contribution < -0.4 is 19.6 Å². The SMILES string of the molecule is CCn1cc(C(=O)O)c(=O)c2ccc(C)nc21.COc1cccc2c1[n+]([O-])c1cccc(O)c1[n+]2[O-]. The molecule has 0 saturated carbocycles. The van der Waals surface area contributed by atoms with Crippen LogP contribution in [-0.4, -0.2) is 32.8 Å². The van der Waals surface area contributed by atoms with E-state index in [-0.39, 0.29) is 33.4 Å². The highest BCUT2D eigenvalue weighted by molar-refractivity contribution is 5.91. The Morgan fingerprint density at radius 1 is 1.06 bits per heavy atom. The number of carbonyl (C=O) groups is 1. The van der Waals surface area contributed by atoms with Crippen molar-refractivity contribution in [2.24, 2.45) is 0 Å². The number of ether oxygens (including phenoxy) is 1. The predicted molar refractivity (Wildman–Crippen MR) is 131 cm³/mol. The number of hydrogen-bond acceptors (Lipinski definition) is 7. The number of phenols is 1. The van der Waals surface area contributed by atoms with Gasteiger partial charge in [-0.3, -0.25) is 4.79 Å². The van der Waals surface area contributed by atoms with Crippen LogP contribution in [0.3, 0.4) is 0 Å². The lowest BCUT2D eigenvalue weighted by Gasteiger charge is -2.09. The van der Waals surface area contributed by atoms with Gasteiger partial charge >= 0.3 is 17.0 Å². The van der Waals surface area contributed by atoms with E-state index in [2.05, 4.69) is 4.98 Å². The van der Waals surface area contributed by atoms with Crippen molar-refractivity contribution in [2.75, 3.05) is 7.11 Å². The minimum Gasteiger partial charge on any atom is -0.617 e. The summed E-state index contributed by atoms with van der Waals surface area (Å²) in [5.74, 6) is -1.14. The Hall–Kier alpha value is -4.93. The highest BCUT2D eigenvalue weighted by atomic mass is 16.5. The van der Waals surface area contributed by atoms with E-state index < -0.39 is 11.4 Å². The zero-order valence-corrected chi connectivity index (χ0v) is 19.6. The fraction of sp³-hybridized carbons (Fsp3) is 0.160. The highest BCUT2D eigenvalue weighted by Crippen LogP contribution is 2.25. The Morgan fingerprint density at radius 2 is 1.69 bits per heavy atom. The third-order valence-electron chi connectivity index (χ3n) is 5.67. The Kier molecular flexibility index (Phi) is 6.30. The number of nitrogens with zero attached hydrogens (tertiary/aromatic N) is 4. The van der Waals surface area contributed by atoms with Crippen molar-refractivity contribution in [3.05, 3.63) is 86.6 Å². The molecule has 3 heterocycles. The molecule has 36 heavy (non-hydrogen) atoms. The third kappa shape index (κ3) is 3.96. The van der Waals surface area contributed by atoms with Gasteiger partial charge in [0.2, 0.25) is 5.43 Å². The maximum atomic E-state index is 12.3. The van der Waals surface area contributed by atoms with Gasteiger partial charge < -0.3 is 29.9 Å². The van der Waals surface area contributed by atoms with E-state index in [0.29, 0.717) is 32.8 Å². The van der Waals surface area contributed by atoms with Gasteiger partial charge in [-0.05, 0) is 38.1 Å². The number of benzene rings is 2. The summed E-state index contributed by atoms with van der Waals surface area (Å²) >= 11 is 0. The second-order valence-corrected chi connectivity index (χ2v) is 7.85. The minimum atomic E-state index is -1.21. The van der Waals surface area contributed by atoms with Gasteiger partial charge in [-0.15, -0.1) is 0 Å². The monoisotopic (exact) mass is 490 g/mol. The van der Waals surface area contributed by atoms with Crippen molar-refractivity contribution >= 4 is 39.1 Å². The van der Waals surface area contributed by atoms with Crippen LogP contribution in [0.4, 0.5) is 0 Å². The Morgan fingerprint density at radius 3 is 2.33 bits per heavy atom. The van der Waals surface area contributed by atoms with Gasteiger partial charge in [-0.1, -0.05) is 12.1 Å². The Bertz CT molecular complexity index is 1710. The van der Waals surface area contributed by atoms with Crippen LogP contribution in [0.5, 0.6) is 11.5 Å². The number of carboxylic acids is 1. The zero-order valence-electron chi connectivity index (χ0n) is 19.6. The number of aromatic hydroxyl groups is 1. The van der Waals surface area contributed by atoms with Crippen molar-refractivity contribution in [2.45, 2.75) is 20.4 Å². The quantitative estimate of drug-likeness (QED) is 0.222. The van der Waals surface area contributed by atoms with Gasteiger partial charge in [0.15, 0.2) is 11.5 Å². The van der Waals surface area contributed by atoms with Crippen LogP contribution in [0.15, 0.2) is 59.5 Å². The molecule has 0 aliphatic heterocycles. The number of aryl methyl sites for hydroxylation is 2. The van der Waals surface area contributed by atoms with Gasteiger partial charge in [0.1, 0.15) is 11.2 Å². The molecule has 0 unspecified atom stereocenters.